The van der Waals surface area contributed by atoms with Crippen molar-refractivity contribution in [1.82, 2.24) is 10.3 Å². The molecule has 0 saturated heterocycles. The SMILES string of the molecule is CC(NCc1nc2ccccc2s1)c1ccc(F)c(F)c1. The van der Waals surface area contributed by atoms with Crippen LogP contribution >= 0.6 is 11.3 Å². The molecule has 0 fully saturated rings. The number of benzene rings is 2. The van der Waals surface area contributed by atoms with Crippen LogP contribution in [0, 0.1) is 11.6 Å². The van der Waals surface area contributed by atoms with E-state index in [2.05, 4.69) is 10.3 Å². The van der Waals surface area contributed by atoms with Gasteiger partial charge in [0, 0.05) is 12.6 Å². The van der Waals surface area contributed by atoms with Gasteiger partial charge >= 0.3 is 0 Å². The number of thiazole rings is 1. The van der Waals surface area contributed by atoms with Gasteiger partial charge in [-0.1, -0.05) is 18.2 Å². The highest BCUT2D eigenvalue weighted by Crippen LogP contribution is 2.22. The van der Waals surface area contributed by atoms with Gasteiger partial charge in [-0.25, -0.2) is 13.8 Å². The molecule has 3 aromatic rings. The summed E-state index contributed by atoms with van der Waals surface area (Å²) in [6.45, 7) is 2.51. The Morgan fingerprint density at radius 3 is 2.71 bits per heavy atom. The van der Waals surface area contributed by atoms with E-state index >= 15 is 0 Å². The van der Waals surface area contributed by atoms with Gasteiger partial charge in [0.05, 0.1) is 10.2 Å². The van der Waals surface area contributed by atoms with E-state index in [0.29, 0.717) is 6.54 Å². The summed E-state index contributed by atoms with van der Waals surface area (Å²) < 4.78 is 27.3. The van der Waals surface area contributed by atoms with Crippen LogP contribution in [-0.2, 0) is 6.54 Å². The van der Waals surface area contributed by atoms with Crippen LogP contribution in [0.15, 0.2) is 42.5 Å². The predicted octanol–water partition coefficient (Wildman–Crippen LogP) is 4.43. The second-order valence-corrected chi connectivity index (χ2v) is 5.97. The Morgan fingerprint density at radius 2 is 1.95 bits per heavy atom. The van der Waals surface area contributed by atoms with Crippen molar-refractivity contribution in [1.29, 1.82) is 0 Å². The zero-order valence-corrected chi connectivity index (χ0v) is 12.3. The molecule has 0 aliphatic rings. The van der Waals surface area contributed by atoms with Crippen molar-refractivity contribution in [3.63, 3.8) is 0 Å². The molecule has 1 unspecified atom stereocenters. The molecule has 0 aliphatic carbocycles. The summed E-state index contributed by atoms with van der Waals surface area (Å²) >= 11 is 1.63. The molecular weight excluding hydrogens is 290 g/mol. The molecule has 1 atom stereocenters. The molecule has 2 aromatic carbocycles. The second kappa shape index (κ2) is 5.87. The number of nitrogens with one attached hydrogen (secondary N) is 1. The van der Waals surface area contributed by atoms with Crippen LogP contribution in [0.4, 0.5) is 8.78 Å². The molecule has 1 aromatic heterocycles. The predicted molar refractivity (Wildman–Crippen MR) is 81.2 cm³/mol. The first kappa shape index (κ1) is 14.1. The van der Waals surface area contributed by atoms with Crippen LogP contribution in [0.5, 0.6) is 0 Å². The lowest BCUT2D eigenvalue weighted by Gasteiger charge is -2.13. The van der Waals surface area contributed by atoms with Crippen molar-refractivity contribution >= 4 is 21.6 Å². The molecule has 21 heavy (non-hydrogen) atoms. The van der Waals surface area contributed by atoms with Crippen molar-refractivity contribution in [2.24, 2.45) is 0 Å². The Morgan fingerprint density at radius 1 is 1.14 bits per heavy atom. The molecule has 0 spiro atoms. The van der Waals surface area contributed by atoms with Crippen molar-refractivity contribution < 1.29 is 8.78 Å². The maximum absolute atomic E-state index is 13.2. The van der Waals surface area contributed by atoms with Gasteiger partial charge in [0.2, 0.25) is 0 Å². The Labute approximate surface area is 125 Å². The molecule has 0 saturated carbocycles. The maximum atomic E-state index is 13.2. The zero-order chi connectivity index (χ0) is 14.8. The monoisotopic (exact) mass is 304 g/mol. The number of para-hydroxylation sites is 1. The second-order valence-electron chi connectivity index (χ2n) is 4.85. The minimum Gasteiger partial charge on any atom is -0.304 e. The van der Waals surface area contributed by atoms with E-state index in [9.17, 15) is 8.78 Å². The first-order chi connectivity index (χ1) is 10.1. The summed E-state index contributed by atoms with van der Waals surface area (Å²) in [4.78, 5) is 4.53. The number of aromatic nitrogens is 1. The van der Waals surface area contributed by atoms with E-state index in [-0.39, 0.29) is 6.04 Å². The highest BCUT2D eigenvalue weighted by Gasteiger charge is 2.10. The summed E-state index contributed by atoms with van der Waals surface area (Å²) in [6.07, 6.45) is 0. The Kier molecular flexibility index (Phi) is 3.94. The third kappa shape index (κ3) is 3.09. The zero-order valence-electron chi connectivity index (χ0n) is 11.4. The van der Waals surface area contributed by atoms with Crippen molar-refractivity contribution in [2.45, 2.75) is 19.5 Å². The minimum atomic E-state index is -0.822. The van der Waals surface area contributed by atoms with Gasteiger partial charge in [0.1, 0.15) is 5.01 Å². The van der Waals surface area contributed by atoms with Crippen LogP contribution in [0.1, 0.15) is 23.5 Å². The van der Waals surface area contributed by atoms with Crippen LogP contribution in [0.3, 0.4) is 0 Å². The fourth-order valence-corrected chi connectivity index (χ4v) is 3.05. The summed E-state index contributed by atoms with van der Waals surface area (Å²) in [5, 5.41) is 4.26. The minimum absolute atomic E-state index is 0.0767. The van der Waals surface area contributed by atoms with Gasteiger partial charge in [-0.2, -0.15) is 0 Å². The number of rotatable bonds is 4. The highest BCUT2D eigenvalue weighted by atomic mass is 32.1. The van der Waals surface area contributed by atoms with Crippen LogP contribution in [0.25, 0.3) is 10.2 Å². The van der Waals surface area contributed by atoms with Crippen molar-refractivity contribution in [3.05, 3.63) is 64.7 Å². The topological polar surface area (TPSA) is 24.9 Å². The molecule has 1 heterocycles. The standard InChI is InChI=1S/C16H14F2N2S/c1-10(11-6-7-12(17)13(18)8-11)19-9-16-20-14-4-2-3-5-15(14)21-16/h2-8,10,19H,9H2,1H3. The normalized spacial score (nSPS) is 12.7. The lowest BCUT2D eigenvalue weighted by atomic mass is 10.1. The van der Waals surface area contributed by atoms with Crippen LogP contribution < -0.4 is 5.32 Å². The third-order valence-electron chi connectivity index (χ3n) is 3.34. The van der Waals surface area contributed by atoms with Crippen LogP contribution in [-0.4, -0.2) is 4.98 Å². The van der Waals surface area contributed by atoms with Crippen LogP contribution in [0.2, 0.25) is 0 Å². The summed E-state index contributed by atoms with van der Waals surface area (Å²) in [5.74, 6) is -1.64. The van der Waals surface area contributed by atoms with E-state index in [1.165, 1.54) is 6.07 Å². The first-order valence-corrected chi connectivity index (χ1v) is 7.48. The van der Waals surface area contributed by atoms with Gasteiger partial charge in [0.15, 0.2) is 11.6 Å². The van der Waals surface area contributed by atoms with E-state index < -0.39 is 11.6 Å². The molecular formula is C16H14F2N2S. The summed E-state index contributed by atoms with van der Waals surface area (Å²) in [5.41, 5.74) is 1.70. The molecule has 1 N–H and O–H groups in total. The number of fused-ring (bicyclic) bond motifs is 1. The third-order valence-corrected chi connectivity index (χ3v) is 4.38. The largest absolute Gasteiger partial charge is 0.304 e. The number of nitrogens with zero attached hydrogens (tertiary/aromatic N) is 1. The van der Waals surface area contributed by atoms with Gasteiger partial charge in [-0.15, -0.1) is 11.3 Å². The lowest BCUT2D eigenvalue weighted by Crippen LogP contribution is -2.18. The number of halogens is 2. The molecule has 2 nitrogen and oxygen atoms in total. The molecule has 3 rings (SSSR count). The van der Waals surface area contributed by atoms with E-state index in [0.717, 1.165) is 26.9 Å². The molecule has 108 valence electrons. The molecule has 0 amide bonds. The smallest absolute Gasteiger partial charge is 0.159 e. The van der Waals surface area contributed by atoms with Gasteiger partial charge < -0.3 is 5.32 Å². The van der Waals surface area contributed by atoms with E-state index in [1.807, 2.05) is 31.2 Å². The fourth-order valence-electron chi connectivity index (χ4n) is 2.14. The van der Waals surface area contributed by atoms with Crippen molar-refractivity contribution in [2.75, 3.05) is 0 Å². The summed E-state index contributed by atoms with van der Waals surface area (Å²) in [6, 6.07) is 11.9. The Bertz CT molecular complexity index is 737. The van der Waals surface area contributed by atoms with Gasteiger partial charge in [-0.05, 0) is 36.8 Å². The Balaban J connectivity index is 1.70. The molecule has 5 heteroatoms. The van der Waals surface area contributed by atoms with E-state index in [4.69, 9.17) is 0 Å². The van der Waals surface area contributed by atoms with Gasteiger partial charge in [0.25, 0.3) is 0 Å². The average molecular weight is 304 g/mol. The first-order valence-electron chi connectivity index (χ1n) is 6.66. The lowest BCUT2D eigenvalue weighted by molar-refractivity contribution is 0.500. The molecule has 0 radical (unpaired) electrons. The summed E-state index contributed by atoms with van der Waals surface area (Å²) in [7, 11) is 0. The Hall–Kier alpha value is -1.85. The van der Waals surface area contributed by atoms with Gasteiger partial charge in [-0.3, -0.25) is 0 Å². The molecule has 0 aliphatic heterocycles. The maximum Gasteiger partial charge on any atom is 0.159 e. The number of hydrogen-bond acceptors (Lipinski definition) is 3. The van der Waals surface area contributed by atoms with E-state index in [1.54, 1.807) is 17.4 Å². The fraction of sp³-hybridized carbons (Fsp3) is 0.188. The highest BCUT2D eigenvalue weighted by molar-refractivity contribution is 7.18. The molecule has 0 bridgehead atoms. The quantitative estimate of drug-likeness (QED) is 0.771. The number of hydrogen-bond donors (Lipinski definition) is 1. The van der Waals surface area contributed by atoms with Crippen molar-refractivity contribution in [3.8, 4) is 0 Å². The average Bonchev–Trinajstić information content (AvgIpc) is 2.90.